The van der Waals surface area contributed by atoms with E-state index in [0.717, 1.165) is 17.5 Å². The van der Waals surface area contributed by atoms with Gasteiger partial charge in [0.25, 0.3) is 0 Å². The van der Waals surface area contributed by atoms with E-state index in [1.807, 2.05) is 30.3 Å². The number of hydrogen-bond donors (Lipinski definition) is 0. The Bertz CT molecular complexity index is 742. The molecule has 21 heavy (non-hydrogen) atoms. The average molecular weight is 294 g/mol. The first kappa shape index (κ1) is 14.0. The van der Waals surface area contributed by atoms with Crippen LogP contribution in [0.25, 0.3) is 10.1 Å². The minimum atomic E-state index is 0.00450. The Morgan fingerprint density at radius 3 is 2.52 bits per heavy atom. The molecule has 0 aliphatic heterocycles. The van der Waals surface area contributed by atoms with Crippen molar-refractivity contribution in [3.8, 4) is 0 Å². The van der Waals surface area contributed by atoms with Crippen molar-refractivity contribution >= 4 is 27.2 Å². The number of ketones is 1. The summed E-state index contributed by atoms with van der Waals surface area (Å²) in [7, 11) is 0. The molecule has 3 rings (SSSR count). The predicted octanol–water partition coefficient (Wildman–Crippen LogP) is 5.21. The third-order valence-corrected chi connectivity index (χ3v) is 4.94. The van der Waals surface area contributed by atoms with Gasteiger partial charge in [-0.15, -0.1) is 11.3 Å². The van der Waals surface area contributed by atoms with E-state index < -0.39 is 0 Å². The molecule has 0 aliphatic rings. The van der Waals surface area contributed by atoms with Crippen molar-refractivity contribution in [2.45, 2.75) is 25.7 Å². The molecule has 0 amide bonds. The third kappa shape index (κ3) is 2.91. The van der Waals surface area contributed by atoms with Crippen molar-refractivity contribution in [3.05, 3.63) is 71.1 Å². The molecule has 0 saturated carbocycles. The van der Waals surface area contributed by atoms with E-state index in [1.165, 1.54) is 10.1 Å². The molecule has 1 heterocycles. The van der Waals surface area contributed by atoms with E-state index in [1.54, 1.807) is 11.3 Å². The van der Waals surface area contributed by atoms with E-state index in [9.17, 15) is 4.79 Å². The van der Waals surface area contributed by atoms with Crippen LogP contribution in [0, 0.1) is 0 Å². The first-order chi connectivity index (χ1) is 10.3. The number of fused-ring (bicyclic) bond motifs is 1. The van der Waals surface area contributed by atoms with Crippen LogP contribution in [-0.2, 0) is 11.2 Å². The molecule has 0 radical (unpaired) electrons. The minimum absolute atomic E-state index is 0.00450. The molecule has 3 aromatic rings. The van der Waals surface area contributed by atoms with Gasteiger partial charge in [-0.05, 0) is 34.4 Å². The standard InChI is InChI=1S/C19H18OS/c1-2-16(14-8-4-3-5-9-14)18(20)12-15-13-21-19-11-7-6-10-17(15)19/h3-11,13,16H,2,12H2,1H3. The van der Waals surface area contributed by atoms with Gasteiger partial charge in [0.1, 0.15) is 5.78 Å². The molecule has 0 aliphatic carbocycles. The molecule has 0 N–H and O–H groups in total. The lowest BCUT2D eigenvalue weighted by Crippen LogP contribution is -2.14. The van der Waals surface area contributed by atoms with Gasteiger partial charge >= 0.3 is 0 Å². The Kier molecular flexibility index (Phi) is 4.16. The number of carbonyl (C=O) groups is 1. The van der Waals surface area contributed by atoms with Gasteiger partial charge in [-0.3, -0.25) is 4.79 Å². The highest BCUT2D eigenvalue weighted by atomic mass is 32.1. The Morgan fingerprint density at radius 2 is 1.76 bits per heavy atom. The summed E-state index contributed by atoms with van der Waals surface area (Å²) in [6, 6.07) is 18.4. The summed E-state index contributed by atoms with van der Waals surface area (Å²) >= 11 is 1.72. The van der Waals surface area contributed by atoms with Crippen molar-refractivity contribution in [1.82, 2.24) is 0 Å². The maximum Gasteiger partial charge on any atom is 0.144 e. The van der Waals surface area contributed by atoms with E-state index in [0.29, 0.717) is 12.2 Å². The van der Waals surface area contributed by atoms with Crippen LogP contribution >= 0.6 is 11.3 Å². The number of rotatable bonds is 5. The summed E-state index contributed by atoms with van der Waals surface area (Å²) in [6.45, 7) is 2.08. The zero-order valence-electron chi connectivity index (χ0n) is 12.1. The topological polar surface area (TPSA) is 17.1 Å². The highest BCUT2D eigenvalue weighted by Gasteiger charge is 2.19. The fourth-order valence-corrected chi connectivity index (χ4v) is 3.78. The number of benzene rings is 2. The molecular formula is C19H18OS. The third-order valence-electron chi connectivity index (χ3n) is 3.92. The van der Waals surface area contributed by atoms with Crippen molar-refractivity contribution in [3.63, 3.8) is 0 Å². The molecule has 0 saturated heterocycles. The number of carbonyl (C=O) groups excluding carboxylic acids is 1. The van der Waals surface area contributed by atoms with Crippen LogP contribution in [0.3, 0.4) is 0 Å². The van der Waals surface area contributed by atoms with Crippen LogP contribution in [0.5, 0.6) is 0 Å². The van der Waals surface area contributed by atoms with Gasteiger partial charge in [0.05, 0.1) is 0 Å². The zero-order valence-corrected chi connectivity index (χ0v) is 12.9. The second kappa shape index (κ2) is 6.23. The Hall–Kier alpha value is -1.93. The van der Waals surface area contributed by atoms with Gasteiger partial charge in [-0.25, -0.2) is 0 Å². The van der Waals surface area contributed by atoms with Crippen LogP contribution in [0.2, 0.25) is 0 Å². The monoisotopic (exact) mass is 294 g/mol. The maximum atomic E-state index is 12.7. The Morgan fingerprint density at radius 1 is 1.05 bits per heavy atom. The zero-order chi connectivity index (χ0) is 14.7. The highest BCUT2D eigenvalue weighted by molar-refractivity contribution is 7.17. The lowest BCUT2D eigenvalue weighted by atomic mass is 9.89. The number of hydrogen-bond acceptors (Lipinski definition) is 2. The molecule has 1 atom stereocenters. The van der Waals surface area contributed by atoms with Gasteiger partial charge in [0.15, 0.2) is 0 Å². The first-order valence-corrected chi connectivity index (χ1v) is 8.20. The lowest BCUT2D eigenvalue weighted by Gasteiger charge is -2.14. The highest BCUT2D eigenvalue weighted by Crippen LogP contribution is 2.28. The van der Waals surface area contributed by atoms with Crippen LogP contribution in [0.1, 0.15) is 30.4 Å². The molecule has 0 spiro atoms. The van der Waals surface area contributed by atoms with Crippen LogP contribution in [-0.4, -0.2) is 5.78 Å². The summed E-state index contributed by atoms with van der Waals surface area (Å²) in [5.41, 5.74) is 2.29. The molecule has 106 valence electrons. The predicted molar refractivity (Wildman–Crippen MR) is 90.0 cm³/mol. The number of thiophene rings is 1. The summed E-state index contributed by atoms with van der Waals surface area (Å²) in [5.74, 6) is 0.317. The Balaban J connectivity index is 1.85. The second-order valence-electron chi connectivity index (χ2n) is 5.27. The van der Waals surface area contributed by atoms with Gasteiger partial charge < -0.3 is 0 Å². The smallest absolute Gasteiger partial charge is 0.144 e. The summed E-state index contributed by atoms with van der Waals surface area (Å²) < 4.78 is 1.26. The molecule has 0 bridgehead atoms. The summed E-state index contributed by atoms with van der Waals surface area (Å²) in [6.07, 6.45) is 1.38. The largest absolute Gasteiger partial charge is 0.299 e. The lowest BCUT2D eigenvalue weighted by molar-refractivity contribution is -0.119. The summed E-state index contributed by atoms with van der Waals surface area (Å²) in [4.78, 5) is 12.7. The molecule has 1 unspecified atom stereocenters. The molecule has 1 aromatic heterocycles. The maximum absolute atomic E-state index is 12.7. The van der Waals surface area contributed by atoms with Gasteiger partial charge in [0.2, 0.25) is 0 Å². The normalized spacial score (nSPS) is 12.4. The van der Waals surface area contributed by atoms with E-state index in [4.69, 9.17) is 0 Å². The number of Topliss-reactive ketones (excluding diaryl/α,β-unsaturated/α-hetero) is 1. The average Bonchev–Trinajstić information content (AvgIpc) is 2.92. The SMILES string of the molecule is CCC(C(=O)Cc1csc2ccccc12)c1ccccc1. The fraction of sp³-hybridized carbons (Fsp3) is 0.211. The molecule has 0 fully saturated rings. The molecule has 1 nitrogen and oxygen atoms in total. The summed E-state index contributed by atoms with van der Waals surface area (Å²) in [5, 5.41) is 3.35. The van der Waals surface area contributed by atoms with Crippen molar-refractivity contribution in [2.24, 2.45) is 0 Å². The van der Waals surface area contributed by atoms with Crippen molar-refractivity contribution in [1.29, 1.82) is 0 Å². The minimum Gasteiger partial charge on any atom is -0.299 e. The Labute approximate surface area is 129 Å². The second-order valence-corrected chi connectivity index (χ2v) is 6.18. The van der Waals surface area contributed by atoms with E-state index in [-0.39, 0.29) is 5.92 Å². The van der Waals surface area contributed by atoms with Crippen LogP contribution in [0.4, 0.5) is 0 Å². The van der Waals surface area contributed by atoms with Gasteiger partial charge in [0, 0.05) is 17.0 Å². The van der Waals surface area contributed by atoms with Crippen LogP contribution < -0.4 is 0 Å². The van der Waals surface area contributed by atoms with Gasteiger partial charge in [-0.2, -0.15) is 0 Å². The molecular weight excluding hydrogens is 276 g/mol. The van der Waals surface area contributed by atoms with E-state index in [2.05, 4.69) is 36.6 Å². The van der Waals surface area contributed by atoms with Gasteiger partial charge in [-0.1, -0.05) is 55.5 Å². The molecule has 2 aromatic carbocycles. The van der Waals surface area contributed by atoms with Crippen molar-refractivity contribution < 1.29 is 4.79 Å². The first-order valence-electron chi connectivity index (χ1n) is 7.32. The quantitative estimate of drug-likeness (QED) is 0.631. The van der Waals surface area contributed by atoms with E-state index >= 15 is 0 Å². The molecule has 2 heteroatoms. The van der Waals surface area contributed by atoms with Crippen molar-refractivity contribution in [2.75, 3.05) is 0 Å². The van der Waals surface area contributed by atoms with Crippen LogP contribution in [0.15, 0.2) is 60.0 Å². The fourth-order valence-electron chi connectivity index (χ4n) is 2.82.